The van der Waals surface area contributed by atoms with Crippen molar-refractivity contribution in [3.63, 3.8) is 0 Å². The summed E-state index contributed by atoms with van der Waals surface area (Å²) >= 11 is 0. The second kappa shape index (κ2) is 5.80. The van der Waals surface area contributed by atoms with Crippen LogP contribution in [0.1, 0.15) is 23.7 Å². The number of nitrogens with zero attached hydrogens (tertiary/aromatic N) is 1. The first-order chi connectivity index (χ1) is 10.3. The molecule has 3 aromatic rings. The molecule has 0 atom stereocenters. The molecule has 0 unspecified atom stereocenters. The fourth-order valence-electron chi connectivity index (χ4n) is 2.29. The molecule has 2 nitrogen and oxygen atoms in total. The van der Waals surface area contributed by atoms with E-state index in [1.54, 1.807) is 6.07 Å². The third-order valence-corrected chi connectivity index (χ3v) is 3.56. The summed E-state index contributed by atoms with van der Waals surface area (Å²) in [5.74, 6) is 0.218. The lowest BCUT2D eigenvalue weighted by atomic mass is 10.1. The Labute approximate surface area is 124 Å². The highest BCUT2D eigenvalue weighted by molar-refractivity contribution is 5.85. The Morgan fingerprint density at radius 3 is 2.52 bits per heavy atom. The minimum absolute atomic E-state index is 0.218. The summed E-state index contributed by atoms with van der Waals surface area (Å²) in [6, 6.07) is 17.8. The van der Waals surface area contributed by atoms with Crippen molar-refractivity contribution in [1.82, 2.24) is 4.98 Å². The van der Waals surface area contributed by atoms with Gasteiger partial charge in [0, 0.05) is 5.39 Å². The molecular formula is C19H17NO. The van der Waals surface area contributed by atoms with Gasteiger partial charge in [-0.15, -0.1) is 0 Å². The summed E-state index contributed by atoms with van der Waals surface area (Å²) in [6.45, 7) is 2.15. The number of aromatic hydroxyl groups is 1. The smallest absolute Gasteiger partial charge is 0.141 e. The van der Waals surface area contributed by atoms with E-state index in [-0.39, 0.29) is 5.75 Å². The second-order valence-electron chi connectivity index (χ2n) is 5.01. The maximum absolute atomic E-state index is 9.85. The molecule has 104 valence electrons. The third kappa shape index (κ3) is 2.95. The molecule has 21 heavy (non-hydrogen) atoms. The first-order valence-electron chi connectivity index (χ1n) is 7.12. The molecule has 0 aliphatic rings. The SMILES string of the molecule is CCc1ccc(C=Cc2ccc3cccc(O)c3n2)cc1. The van der Waals surface area contributed by atoms with Gasteiger partial charge in [0.05, 0.1) is 5.69 Å². The number of fused-ring (bicyclic) bond motifs is 1. The van der Waals surface area contributed by atoms with Crippen molar-refractivity contribution in [2.45, 2.75) is 13.3 Å². The average Bonchev–Trinajstić information content (AvgIpc) is 2.54. The van der Waals surface area contributed by atoms with Crippen molar-refractivity contribution < 1.29 is 5.11 Å². The van der Waals surface area contributed by atoms with Gasteiger partial charge in [-0.3, -0.25) is 0 Å². The normalized spacial score (nSPS) is 11.3. The monoisotopic (exact) mass is 275 g/mol. The topological polar surface area (TPSA) is 33.1 Å². The van der Waals surface area contributed by atoms with E-state index in [0.29, 0.717) is 5.52 Å². The van der Waals surface area contributed by atoms with E-state index >= 15 is 0 Å². The minimum atomic E-state index is 0.218. The predicted octanol–water partition coefficient (Wildman–Crippen LogP) is 4.67. The highest BCUT2D eigenvalue weighted by atomic mass is 16.3. The van der Waals surface area contributed by atoms with Crippen molar-refractivity contribution >= 4 is 23.1 Å². The van der Waals surface area contributed by atoms with Gasteiger partial charge in [-0.1, -0.05) is 55.5 Å². The lowest BCUT2D eigenvalue weighted by Crippen LogP contribution is -1.84. The van der Waals surface area contributed by atoms with E-state index in [9.17, 15) is 5.11 Å². The number of para-hydroxylation sites is 1. The lowest BCUT2D eigenvalue weighted by Gasteiger charge is -2.01. The standard InChI is InChI=1S/C19H17NO/c1-2-14-6-8-15(9-7-14)10-12-17-13-11-16-4-3-5-18(21)19(16)20-17/h3-13,21H,2H2,1H3. The van der Waals surface area contributed by atoms with Crippen molar-refractivity contribution in [2.24, 2.45) is 0 Å². The molecule has 2 heteroatoms. The summed E-state index contributed by atoms with van der Waals surface area (Å²) in [6.07, 6.45) is 5.05. The first-order valence-corrected chi connectivity index (χ1v) is 7.12. The van der Waals surface area contributed by atoms with E-state index in [4.69, 9.17) is 0 Å². The summed E-state index contributed by atoms with van der Waals surface area (Å²) in [5, 5.41) is 10.8. The van der Waals surface area contributed by atoms with Gasteiger partial charge in [0.2, 0.25) is 0 Å². The number of benzene rings is 2. The molecule has 0 aliphatic carbocycles. The molecule has 3 rings (SSSR count). The van der Waals surface area contributed by atoms with E-state index in [1.165, 1.54) is 5.56 Å². The molecule has 0 aliphatic heterocycles. The molecule has 1 heterocycles. The highest BCUT2D eigenvalue weighted by Crippen LogP contribution is 2.22. The quantitative estimate of drug-likeness (QED) is 0.753. The van der Waals surface area contributed by atoms with Crippen LogP contribution in [0.25, 0.3) is 23.1 Å². The molecule has 2 aromatic carbocycles. The molecule has 0 radical (unpaired) electrons. The van der Waals surface area contributed by atoms with Crippen LogP contribution in [0, 0.1) is 0 Å². The maximum Gasteiger partial charge on any atom is 0.141 e. The Hall–Kier alpha value is -2.61. The molecule has 0 spiro atoms. The van der Waals surface area contributed by atoms with E-state index in [2.05, 4.69) is 36.2 Å². The van der Waals surface area contributed by atoms with Gasteiger partial charge < -0.3 is 5.11 Å². The van der Waals surface area contributed by atoms with Gasteiger partial charge in [0.1, 0.15) is 11.3 Å². The molecule has 1 aromatic heterocycles. The van der Waals surface area contributed by atoms with Gasteiger partial charge >= 0.3 is 0 Å². The van der Waals surface area contributed by atoms with Crippen LogP contribution < -0.4 is 0 Å². The van der Waals surface area contributed by atoms with Crippen molar-refractivity contribution in [3.8, 4) is 5.75 Å². The van der Waals surface area contributed by atoms with E-state index in [0.717, 1.165) is 23.1 Å². The minimum Gasteiger partial charge on any atom is -0.506 e. The second-order valence-corrected chi connectivity index (χ2v) is 5.01. The molecular weight excluding hydrogens is 258 g/mol. The number of rotatable bonds is 3. The van der Waals surface area contributed by atoms with Gasteiger partial charge in [-0.05, 0) is 35.8 Å². The molecule has 0 saturated carbocycles. The van der Waals surface area contributed by atoms with Crippen LogP contribution in [-0.2, 0) is 6.42 Å². The maximum atomic E-state index is 9.85. The number of hydrogen-bond acceptors (Lipinski definition) is 2. The third-order valence-electron chi connectivity index (χ3n) is 3.56. The summed E-state index contributed by atoms with van der Waals surface area (Å²) in [7, 11) is 0. The summed E-state index contributed by atoms with van der Waals surface area (Å²) < 4.78 is 0. The Balaban J connectivity index is 1.89. The molecule has 0 fully saturated rings. The number of aromatic nitrogens is 1. The number of phenols is 1. The van der Waals surface area contributed by atoms with Gasteiger partial charge in [-0.2, -0.15) is 0 Å². The average molecular weight is 275 g/mol. The van der Waals surface area contributed by atoms with Crippen molar-refractivity contribution in [2.75, 3.05) is 0 Å². The summed E-state index contributed by atoms with van der Waals surface area (Å²) in [5.41, 5.74) is 3.96. The van der Waals surface area contributed by atoms with Crippen LogP contribution in [0.2, 0.25) is 0 Å². The Morgan fingerprint density at radius 1 is 0.952 bits per heavy atom. The zero-order chi connectivity index (χ0) is 14.7. The number of pyridine rings is 1. The van der Waals surface area contributed by atoms with Gasteiger partial charge in [-0.25, -0.2) is 4.98 Å². The van der Waals surface area contributed by atoms with Crippen LogP contribution in [0.5, 0.6) is 5.75 Å². The van der Waals surface area contributed by atoms with Crippen molar-refractivity contribution in [3.05, 3.63) is 71.4 Å². The number of phenolic OH excluding ortho intramolecular Hbond substituents is 1. The van der Waals surface area contributed by atoms with Crippen molar-refractivity contribution in [1.29, 1.82) is 0 Å². The van der Waals surface area contributed by atoms with Gasteiger partial charge in [0.15, 0.2) is 0 Å². The molecule has 0 saturated heterocycles. The highest BCUT2D eigenvalue weighted by Gasteiger charge is 2.00. The number of hydrogen-bond donors (Lipinski definition) is 1. The molecule has 1 N–H and O–H groups in total. The van der Waals surface area contributed by atoms with E-state index < -0.39 is 0 Å². The van der Waals surface area contributed by atoms with Crippen LogP contribution in [0.3, 0.4) is 0 Å². The fourth-order valence-corrected chi connectivity index (χ4v) is 2.29. The van der Waals surface area contributed by atoms with Gasteiger partial charge in [0.25, 0.3) is 0 Å². The Kier molecular flexibility index (Phi) is 3.69. The number of aryl methyl sites for hydroxylation is 1. The van der Waals surface area contributed by atoms with Crippen LogP contribution >= 0.6 is 0 Å². The fraction of sp³-hybridized carbons (Fsp3) is 0.105. The van der Waals surface area contributed by atoms with Crippen LogP contribution in [0.15, 0.2) is 54.6 Å². The molecule has 0 bridgehead atoms. The Bertz CT molecular complexity index is 788. The van der Waals surface area contributed by atoms with E-state index in [1.807, 2.05) is 36.4 Å². The van der Waals surface area contributed by atoms with Crippen LogP contribution in [-0.4, -0.2) is 10.1 Å². The summed E-state index contributed by atoms with van der Waals surface area (Å²) in [4.78, 5) is 4.49. The zero-order valence-corrected chi connectivity index (χ0v) is 12.0. The first kappa shape index (κ1) is 13.4. The zero-order valence-electron chi connectivity index (χ0n) is 12.0. The largest absolute Gasteiger partial charge is 0.506 e. The predicted molar refractivity (Wildman–Crippen MR) is 88.2 cm³/mol. The molecule has 0 amide bonds. The van der Waals surface area contributed by atoms with Crippen LogP contribution in [0.4, 0.5) is 0 Å². The Morgan fingerprint density at radius 2 is 1.76 bits per heavy atom. The lowest BCUT2D eigenvalue weighted by molar-refractivity contribution is 0.480.